The Hall–Kier alpha value is -1.59. The van der Waals surface area contributed by atoms with Crippen molar-refractivity contribution in [2.75, 3.05) is 14.2 Å². The highest BCUT2D eigenvalue weighted by molar-refractivity contribution is 6.14. The predicted octanol–water partition coefficient (Wildman–Crippen LogP) is -0.527. The molecule has 0 aliphatic rings. The third-order valence-corrected chi connectivity index (χ3v) is 1.57. The van der Waals surface area contributed by atoms with Crippen LogP contribution >= 0.6 is 0 Å². The molecule has 86 valence electrons. The molecule has 1 amide bonds. The zero-order valence-corrected chi connectivity index (χ0v) is 9.20. The van der Waals surface area contributed by atoms with Crippen molar-refractivity contribution in [3.05, 3.63) is 0 Å². The number of hydrogen-bond donors (Lipinski definition) is 1. The lowest BCUT2D eigenvalue weighted by molar-refractivity contribution is -0.162. The summed E-state index contributed by atoms with van der Waals surface area (Å²) in [6, 6.07) is -0.172. The van der Waals surface area contributed by atoms with Crippen LogP contribution in [0.3, 0.4) is 0 Å². The summed E-state index contributed by atoms with van der Waals surface area (Å²) in [5, 5.41) is 2.43. The predicted molar refractivity (Wildman–Crippen MR) is 50.8 cm³/mol. The molecule has 0 saturated carbocycles. The van der Waals surface area contributed by atoms with Crippen molar-refractivity contribution < 1.29 is 23.9 Å². The second-order valence-corrected chi connectivity index (χ2v) is 3.14. The van der Waals surface area contributed by atoms with E-state index in [4.69, 9.17) is 0 Å². The van der Waals surface area contributed by atoms with Gasteiger partial charge in [0.25, 0.3) is 0 Å². The standard InChI is InChI=1S/C9H15NO5/c1-5(2)10-7(11)6(8(12)14-3)9(13)15-4/h5-6H,1-4H3,(H,10,11). The van der Waals surface area contributed by atoms with E-state index in [0.717, 1.165) is 14.2 Å². The van der Waals surface area contributed by atoms with Crippen LogP contribution in [0.15, 0.2) is 0 Å². The van der Waals surface area contributed by atoms with Crippen molar-refractivity contribution in [1.29, 1.82) is 0 Å². The highest BCUT2D eigenvalue weighted by atomic mass is 16.5. The third kappa shape index (κ3) is 3.97. The number of rotatable bonds is 4. The van der Waals surface area contributed by atoms with Gasteiger partial charge in [0.1, 0.15) is 0 Å². The van der Waals surface area contributed by atoms with Gasteiger partial charge < -0.3 is 14.8 Å². The number of methoxy groups -OCH3 is 2. The Morgan fingerprint density at radius 3 is 1.67 bits per heavy atom. The molecule has 0 aromatic heterocycles. The average molecular weight is 217 g/mol. The first kappa shape index (κ1) is 13.4. The van der Waals surface area contributed by atoms with E-state index in [1.807, 2.05) is 0 Å². The summed E-state index contributed by atoms with van der Waals surface area (Å²) in [5.74, 6) is -4.13. The van der Waals surface area contributed by atoms with Crippen molar-refractivity contribution in [3.63, 3.8) is 0 Å². The second kappa shape index (κ2) is 6.00. The van der Waals surface area contributed by atoms with Gasteiger partial charge in [-0.25, -0.2) is 0 Å². The molecule has 0 radical (unpaired) electrons. The quantitative estimate of drug-likeness (QED) is 0.506. The van der Waals surface area contributed by atoms with Gasteiger partial charge in [-0.1, -0.05) is 0 Å². The maximum atomic E-state index is 11.4. The van der Waals surface area contributed by atoms with Gasteiger partial charge in [0.15, 0.2) is 0 Å². The van der Waals surface area contributed by atoms with Crippen LogP contribution in [0.25, 0.3) is 0 Å². The van der Waals surface area contributed by atoms with Gasteiger partial charge in [-0.2, -0.15) is 0 Å². The van der Waals surface area contributed by atoms with E-state index in [1.165, 1.54) is 0 Å². The third-order valence-electron chi connectivity index (χ3n) is 1.57. The molecule has 6 nitrogen and oxygen atoms in total. The van der Waals surface area contributed by atoms with E-state index in [1.54, 1.807) is 13.8 Å². The summed E-state index contributed by atoms with van der Waals surface area (Å²) in [6.45, 7) is 3.42. The molecule has 0 heterocycles. The minimum absolute atomic E-state index is 0.172. The first-order valence-electron chi connectivity index (χ1n) is 4.40. The lowest BCUT2D eigenvalue weighted by Crippen LogP contribution is -2.43. The first-order valence-corrected chi connectivity index (χ1v) is 4.40. The van der Waals surface area contributed by atoms with Crippen molar-refractivity contribution in [2.24, 2.45) is 5.92 Å². The summed E-state index contributed by atoms with van der Waals surface area (Å²) >= 11 is 0. The Labute approximate surface area is 87.9 Å². The van der Waals surface area contributed by atoms with Gasteiger partial charge in [-0.3, -0.25) is 14.4 Å². The van der Waals surface area contributed by atoms with Gasteiger partial charge >= 0.3 is 11.9 Å². The Morgan fingerprint density at radius 1 is 1.00 bits per heavy atom. The largest absolute Gasteiger partial charge is 0.468 e. The molecule has 0 fully saturated rings. The van der Waals surface area contributed by atoms with E-state index in [2.05, 4.69) is 14.8 Å². The van der Waals surface area contributed by atoms with Crippen molar-refractivity contribution >= 4 is 17.8 Å². The van der Waals surface area contributed by atoms with Crippen molar-refractivity contribution in [1.82, 2.24) is 5.32 Å². The normalized spacial score (nSPS) is 10.0. The van der Waals surface area contributed by atoms with Crippen molar-refractivity contribution in [3.8, 4) is 0 Å². The SMILES string of the molecule is COC(=O)C(C(=O)NC(C)C)C(=O)OC. The number of nitrogens with one attached hydrogen (secondary N) is 1. The lowest BCUT2D eigenvalue weighted by atomic mass is 10.1. The number of carbonyl (C=O) groups excluding carboxylic acids is 3. The van der Waals surface area contributed by atoms with E-state index >= 15 is 0 Å². The minimum atomic E-state index is -1.55. The molecule has 0 rings (SSSR count). The van der Waals surface area contributed by atoms with Crippen molar-refractivity contribution in [2.45, 2.75) is 19.9 Å². The highest BCUT2D eigenvalue weighted by Gasteiger charge is 2.36. The Balaban J connectivity index is 4.70. The number of amides is 1. The Morgan fingerprint density at radius 2 is 1.40 bits per heavy atom. The minimum Gasteiger partial charge on any atom is -0.468 e. The molecule has 6 heteroatoms. The molecule has 0 spiro atoms. The van der Waals surface area contributed by atoms with Gasteiger partial charge in [0, 0.05) is 6.04 Å². The van der Waals surface area contributed by atoms with Crippen LogP contribution in [0.1, 0.15) is 13.8 Å². The van der Waals surface area contributed by atoms with Gasteiger partial charge in [0.2, 0.25) is 11.8 Å². The summed E-state index contributed by atoms with van der Waals surface area (Å²) in [6.07, 6.45) is 0. The number of ether oxygens (including phenoxy) is 2. The summed E-state index contributed by atoms with van der Waals surface area (Å²) in [5.41, 5.74) is 0. The number of hydrogen-bond acceptors (Lipinski definition) is 5. The molecule has 15 heavy (non-hydrogen) atoms. The Bertz CT molecular complexity index is 245. The fourth-order valence-corrected chi connectivity index (χ4v) is 0.914. The maximum absolute atomic E-state index is 11.4. The van der Waals surface area contributed by atoms with Gasteiger partial charge in [-0.15, -0.1) is 0 Å². The molecule has 0 saturated heterocycles. The molecular formula is C9H15NO5. The van der Waals surface area contributed by atoms with E-state index < -0.39 is 23.8 Å². The topological polar surface area (TPSA) is 81.7 Å². The zero-order chi connectivity index (χ0) is 12.0. The van der Waals surface area contributed by atoms with Crippen LogP contribution in [0.5, 0.6) is 0 Å². The van der Waals surface area contributed by atoms with E-state index in [-0.39, 0.29) is 6.04 Å². The molecular weight excluding hydrogens is 202 g/mol. The first-order chi connectivity index (χ1) is 6.93. The molecule has 0 bridgehead atoms. The van der Waals surface area contributed by atoms with Crippen LogP contribution < -0.4 is 5.32 Å². The monoisotopic (exact) mass is 217 g/mol. The fourth-order valence-electron chi connectivity index (χ4n) is 0.914. The van der Waals surface area contributed by atoms with Crippen LogP contribution in [0.2, 0.25) is 0 Å². The maximum Gasteiger partial charge on any atom is 0.329 e. The van der Waals surface area contributed by atoms with Crippen LogP contribution in [0, 0.1) is 5.92 Å². The summed E-state index contributed by atoms with van der Waals surface area (Å²) in [4.78, 5) is 33.7. The van der Waals surface area contributed by atoms with Crippen LogP contribution in [-0.2, 0) is 23.9 Å². The molecule has 0 aromatic carbocycles. The van der Waals surface area contributed by atoms with Gasteiger partial charge in [-0.05, 0) is 13.8 Å². The molecule has 1 N–H and O–H groups in total. The lowest BCUT2D eigenvalue weighted by Gasteiger charge is -2.14. The Kier molecular flexibility index (Phi) is 5.36. The number of esters is 2. The molecule has 0 aromatic rings. The van der Waals surface area contributed by atoms with E-state index in [9.17, 15) is 14.4 Å². The molecule has 0 aliphatic carbocycles. The summed E-state index contributed by atoms with van der Waals surface area (Å²) in [7, 11) is 2.20. The smallest absolute Gasteiger partial charge is 0.329 e. The zero-order valence-electron chi connectivity index (χ0n) is 9.20. The molecule has 0 unspecified atom stereocenters. The highest BCUT2D eigenvalue weighted by Crippen LogP contribution is 2.03. The average Bonchev–Trinajstić information content (AvgIpc) is 2.16. The fraction of sp³-hybridized carbons (Fsp3) is 0.667. The second-order valence-electron chi connectivity index (χ2n) is 3.14. The molecule has 0 atom stereocenters. The van der Waals surface area contributed by atoms with Crippen LogP contribution in [0.4, 0.5) is 0 Å². The molecule has 0 aliphatic heterocycles. The van der Waals surface area contributed by atoms with E-state index in [0.29, 0.717) is 0 Å². The van der Waals surface area contributed by atoms with Gasteiger partial charge in [0.05, 0.1) is 14.2 Å². The summed E-state index contributed by atoms with van der Waals surface area (Å²) < 4.78 is 8.67. The van der Waals surface area contributed by atoms with Crippen LogP contribution in [-0.4, -0.2) is 38.1 Å². The number of carbonyl (C=O) groups is 3.